The van der Waals surface area contributed by atoms with Crippen LogP contribution in [0.4, 0.5) is 13.2 Å². The Morgan fingerprint density at radius 2 is 1.80 bits per heavy atom. The van der Waals surface area contributed by atoms with Crippen LogP contribution in [-0.4, -0.2) is 29.6 Å². The Labute approximate surface area is 172 Å². The molecule has 0 fully saturated rings. The summed E-state index contributed by atoms with van der Waals surface area (Å²) < 4.78 is 41.2. The van der Waals surface area contributed by atoms with Crippen molar-refractivity contribution >= 4 is 11.8 Å². The maximum absolute atomic E-state index is 13.0. The summed E-state index contributed by atoms with van der Waals surface area (Å²) in [7, 11) is 0. The van der Waals surface area contributed by atoms with E-state index in [1.54, 1.807) is 35.2 Å². The van der Waals surface area contributed by atoms with Crippen LogP contribution in [0.1, 0.15) is 48.3 Å². The van der Waals surface area contributed by atoms with Crippen molar-refractivity contribution in [2.24, 2.45) is 5.41 Å². The van der Waals surface area contributed by atoms with Gasteiger partial charge in [0, 0.05) is 18.7 Å². The molecule has 1 aliphatic heterocycles. The molecule has 0 aliphatic carbocycles. The minimum Gasteiger partial charge on any atom is -0.406 e. The van der Waals surface area contributed by atoms with Gasteiger partial charge in [0.15, 0.2) is 0 Å². The summed E-state index contributed by atoms with van der Waals surface area (Å²) in [5.74, 6) is -0.953. The number of ether oxygens (including phenoxy) is 1. The van der Waals surface area contributed by atoms with Gasteiger partial charge in [-0.25, -0.2) is 0 Å². The zero-order valence-corrected chi connectivity index (χ0v) is 16.9. The van der Waals surface area contributed by atoms with Crippen molar-refractivity contribution in [2.75, 3.05) is 6.54 Å². The molecule has 2 aromatic carbocycles. The van der Waals surface area contributed by atoms with E-state index in [1.165, 1.54) is 18.2 Å². The van der Waals surface area contributed by atoms with Crippen LogP contribution in [0.25, 0.3) is 0 Å². The fourth-order valence-corrected chi connectivity index (χ4v) is 3.47. The van der Waals surface area contributed by atoms with Crippen LogP contribution in [0.15, 0.2) is 48.5 Å². The Morgan fingerprint density at radius 1 is 1.10 bits per heavy atom. The van der Waals surface area contributed by atoms with Crippen LogP contribution in [0, 0.1) is 5.41 Å². The van der Waals surface area contributed by atoms with Crippen LogP contribution in [0.2, 0.25) is 0 Å². The quantitative estimate of drug-likeness (QED) is 0.778. The number of carbonyl (C=O) groups is 2. The third kappa shape index (κ3) is 5.11. The number of halogens is 3. The van der Waals surface area contributed by atoms with Gasteiger partial charge in [-0.05, 0) is 34.7 Å². The molecule has 160 valence electrons. The maximum Gasteiger partial charge on any atom is 0.573 e. The van der Waals surface area contributed by atoms with E-state index in [-0.39, 0.29) is 29.5 Å². The summed E-state index contributed by atoms with van der Waals surface area (Å²) in [5, 5.41) is 2.74. The predicted octanol–water partition coefficient (Wildman–Crippen LogP) is 4.44. The number of amides is 2. The second kappa shape index (κ2) is 8.01. The monoisotopic (exact) mass is 420 g/mol. The molecule has 1 N–H and O–H groups in total. The highest BCUT2D eigenvalue weighted by Crippen LogP contribution is 2.36. The lowest BCUT2D eigenvalue weighted by atomic mass is 9.95. The van der Waals surface area contributed by atoms with E-state index >= 15 is 0 Å². The van der Waals surface area contributed by atoms with Gasteiger partial charge in [0.1, 0.15) is 11.8 Å². The third-order valence-electron chi connectivity index (χ3n) is 4.55. The van der Waals surface area contributed by atoms with E-state index < -0.39 is 12.4 Å². The van der Waals surface area contributed by atoms with Crippen molar-refractivity contribution in [3.05, 3.63) is 65.2 Å². The molecule has 1 unspecified atom stereocenters. The molecule has 5 nitrogen and oxygen atoms in total. The smallest absolute Gasteiger partial charge is 0.406 e. The SMILES string of the molecule is CC(C)(C)CN1C(=O)c2ccccc2C1C(=O)NCc1cccc(OC(F)(F)F)c1. The fourth-order valence-electron chi connectivity index (χ4n) is 3.47. The number of rotatable bonds is 5. The Morgan fingerprint density at radius 3 is 2.47 bits per heavy atom. The van der Waals surface area contributed by atoms with E-state index in [1.807, 2.05) is 20.8 Å². The molecule has 0 saturated carbocycles. The molecule has 30 heavy (non-hydrogen) atoms. The van der Waals surface area contributed by atoms with Crippen molar-refractivity contribution < 1.29 is 27.5 Å². The number of nitrogens with zero attached hydrogens (tertiary/aromatic N) is 1. The molecule has 0 bridgehead atoms. The normalized spacial score (nSPS) is 16.4. The van der Waals surface area contributed by atoms with Gasteiger partial charge >= 0.3 is 6.36 Å². The summed E-state index contributed by atoms with van der Waals surface area (Å²) in [6, 6.07) is 11.6. The van der Waals surface area contributed by atoms with E-state index in [9.17, 15) is 22.8 Å². The number of carbonyl (C=O) groups excluding carboxylic acids is 2. The van der Waals surface area contributed by atoms with Gasteiger partial charge in [-0.3, -0.25) is 9.59 Å². The van der Waals surface area contributed by atoms with Gasteiger partial charge in [-0.15, -0.1) is 13.2 Å². The van der Waals surface area contributed by atoms with Crippen molar-refractivity contribution in [3.8, 4) is 5.75 Å². The average molecular weight is 420 g/mol. The molecule has 0 aromatic heterocycles. The number of hydrogen-bond donors (Lipinski definition) is 1. The molecule has 1 aliphatic rings. The number of alkyl halides is 3. The van der Waals surface area contributed by atoms with Crippen LogP contribution in [0.3, 0.4) is 0 Å². The largest absolute Gasteiger partial charge is 0.573 e. The highest BCUT2D eigenvalue weighted by Gasteiger charge is 2.42. The van der Waals surface area contributed by atoms with Crippen molar-refractivity contribution in [1.29, 1.82) is 0 Å². The Bertz CT molecular complexity index is 951. The van der Waals surface area contributed by atoms with Gasteiger partial charge in [0.2, 0.25) is 5.91 Å². The molecule has 3 rings (SSSR count). The molecule has 0 saturated heterocycles. The lowest BCUT2D eigenvalue weighted by Crippen LogP contribution is -2.42. The standard InChI is InChI=1S/C22H23F3N2O3/c1-21(2,3)13-27-18(16-9-4-5-10-17(16)20(27)29)19(28)26-12-14-7-6-8-15(11-14)30-22(23,24)25/h4-11,18H,12-13H2,1-3H3,(H,26,28). The molecule has 2 aromatic rings. The Hall–Kier alpha value is -3.03. The molecule has 1 atom stereocenters. The van der Waals surface area contributed by atoms with Gasteiger partial charge in [-0.2, -0.15) is 0 Å². The molecule has 0 radical (unpaired) electrons. The molecule has 1 heterocycles. The summed E-state index contributed by atoms with van der Waals surface area (Å²) >= 11 is 0. The van der Waals surface area contributed by atoms with Gasteiger partial charge in [0.25, 0.3) is 5.91 Å². The van der Waals surface area contributed by atoms with Gasteiger partial charge in [-0.1, -0.05) is 51.1 Å². The predicted molar refractivity (Wildman–Crippen MR) is 105 cm³/mol. The highest BCUT2D eigenvalue weighted by molar-refractivity contribution is 6.04. The van der Waals surface area contributed by atoms with Crippen LogP contribution in [-0.2, 0) is 11.3 Å². The second-order valence-corrected chi connectivity index (χ2v) is 8.40. The van der Waals surface area contributed by atoms with Gasteiger partial charge in [0.05, 0.1) is 0 Å². The topological polar surface area (TPSA) is 58.6 Å². The fraction of sp³-hybridized carbons (Fsp3) is 0.364. The molecular weight excluding hydrogens is 397 g/mol. The molecular formula is C22H23F3N2O3. The minimum absolute atomic E-state index is 0.00407. The number of benzene rings is 2. The summed E-state index contributed by atoms with van der Waals surface area (Å²) in [4.78, 5) is 27.4. The Balaban J connectivity index is 1.78. The highest BCUT2D eigenvalue weighted by atomic mass is 19.4. The second-order valence-electron chi connectivity index (χ2n) is 8.40. The first-order valence-electron chi connectivity index (χ1n) is 9.47. The third-order valence-corrected chi connectivity index (χ3v) is 4.55. The van der Waals surface area contributed by atoms with Crippen molar-refractivity contribution in [2.45, 2.75) is 39.7 Å². The minimum atomic E-state index is -4.79. The van der Waals surface area contributed by atoms with E-state index in [0.29, 0.717) is 23.2 Å². The first-order chi connectivity index (χ1) is 13.9. The summed E-state index contributed by atoms with van der Waals surface area (Å²) in [6.07, 6.45) is -4.79. The number of fused-ring (bicyclic) bond motifs is 1. The van der Waals surface area contributed by atoms with Crippen LogP contribution >= 0.6 is 0 Å². The van der Waals surface area contributed by atoms with Crippen molar-refractivity contribution in [1.82, 2.24) is 10.2 Å². The molecule has 8 heteroatoms. The Kier molecular flexibility index (Phi) is 5.78. The lowest BCUT2D eigenvalue weighted by Gasteiger charge is -2.31. The zero-order valence-electron chi connectivity index (χ0n) is 16.9. The number of hydrogen-bond acceptors (Lipinski definition) is 3. The molecule has 2 amide bonds. The summed E-state index contributed by atoms with van der Waals surface area (Å²) in [6.45, 7) is 6.32. The zero-order chi connectivity index (χ0) is 22.1. The van der Waals surface area contributed by atoms with Crippen LogP contribution in [0.5, 0.6) is 5.75 Å². The van der Waals surface area contributed by atoms with Gasteiger partial charge < -0.3 is 15.0 Å². The average Bonchev–Trinajstić information content (AvgIpc) is 2.89. The van der Waals surface area contributed by atoms with Crippen molar-refractivity contribution in [3.63, 3.8) is 0 Å². The lowest BCUT2D eigenvalue weighted by molar-refractivity contribution is -0.274. The van der Waals surface area contributed by atoms with E-state index in [4.69, 9.17) is 0 Å². The first-order valence-corrected chi connectivity index (χ1v) is 9.47. The first kappa shape index (κ1) is 21.7. The number of nitrogens with one attached hydrogen (secondary N) is 1. The summed E-state index contributed by atoms with van der Waals surface area (Å²) in [5.41, 5.74) is 1.34. The van der Waals surface area contributed by atoms with Crippen LogP contribution < -0.4 is 10.1 Å². The maximum atomic E-state index is 13.0. The molecule has 0 spiro atoms. The van der Waals surface area contributed by atoms with E-state index in [2.05, 4.69) is 10.1 Å². The van der Waals surface area contributed by atoms with E-state index in [0.717, 1.165) is 0 Å².